The molecule has 0 bridgehead atoms. The number of benzene rings is 1. The van der Waals surface area contributed by atoms with Gasteiger partial charge in [-0.05, 0) is 37.1 Å². The van der Waals surface area contributed by atoms with E-state index in [-0.39, 0.29) is 0 Å². The number of hydrogen-bond donors (Lipinski definition) is 1. The molecule has 0 aliphatic heterocycles. The molecule has 122 valence electrons. The summed E-state index contributed by atoms with van der Waals surface area (Å²) in [6.45, 7) is 5.51. The van der Waals surface area contributed by atoms with Crippen LogP contribution in [0.3, 0.4) is 0 Å². The summed E-state index contributed by atoms with van der Waals surface area (Å²) in [7, 11) is 0. The van der Waals surface area contributed by atoms with Gasteiger partial charge >= 0.3 is 0 Å². The number of nitrogens with zero attached hydrogens (tertiary/aromatic N) is 2. The first-order valence-electron chi connectivity index (χ1n) is 7.93. The van der Waals surface area contributed by atoms with Crippen molar-refractivity contribution < 1.29 is 9.47 Å². The fourth-order valence-electron chi connectivity index (χ4n) is 1.86. The van der Waals surface area contributed by atoms with Crippen molar-refractivity contribution in [2.75, 3.05) is 18.6 Å². The van der Waals surface area contributed by atoms with E-state index >= 15 is 0 Å². The Morgan fingerprint density at radius 3 is 2.65 bits per heavy atom. The van der Waals surface area contributed by atoms with Crippen molar-refractivity contribution in [1.82, 2.24) is 4.98 Å². The van der Waals surface area contributed by atoms with Crippen LogP contribution in [-0.4, -0.2) is 24.4 Å². The van der Waals surface area contributed by atoms with E-state index in [0.29, 0.717) is 19.0 Å². The number of aromatic nitrogens is 1. The predicted molar refractivity (Wildman–Crippen MR) is 93.5 cm³/mol. The molecule has 0 amide bonds. The highest BCUT2D eigenvalue weighted by atomic mass is 16.5. The van der Waals surface area contributed by atoms with Crippen LogP contribution in [0.15, 0.2) is 47.7 Å². The zero-order valence-electron chi connectivity index (χ0n) is 13.7. The molecule has 0 aliphatic carbocycles. The Hall–Kier alpha value is -2.56. The Morgan fingerprint density at radius 1 is 1.09 bits per heavy atom. The third-order valence-corrected chi connectivity index (χ3v) is 2.97. The lowest BCUT2D eigenvalue weighted by atomic mass is 10.2. The lowest BCUT2D eigenvalue weighted by Crippen LogP contribution is -2.01. The maximum atomic E-state index is 5.80. The van der Waals surface area contributed by atoms with E-state index in [4.69, 9.17) is 9.47 Å². The molecule has 1 N–H and O–H groups in total. The minimum atomic E-state index is 0.658. The Kier molecular flexibility index (Phi) is 6.91. The van der Waals surface area contributed by atoms with Crippen molar-refractivity contribution >= 4 is 12.0 Å². The van der Waals surface area contributed by atoms with Gasteiger partial charge in [0, 0.05) is 17.8 Å². The highest BCUT2D eigenvalue weighted by Crippen LogP contribution is 2.24. The molecule has 2 aromatic rings. The number of hydrazone groups is 1. The smallest absolute Gasteiger partial charge is 0.146 e. The van der Waals surface area contributed by atoms with Crippen LogP contribution in [0.25, 0.3) is 0 Å². The van der Waals surface area contributed by atoms with Crippen molar-refractivity contribution in [2.45, 2.75) is 26.7 Å². The van der Waals surface area contributed by atoms with Crippen LogP contribution in [0.1, 0.15) is 32.3 Å². The Labute approximate surface area is 137 Å². The van der Waals surface area contributed by atoms with Crippen LogP contribution in [0.2, 0.25) is 0 Å². The van der Waals surface area contributed by atoms with E-state index in [1.165, 1.54) is 0 Å². The van der Waals surface area contributed by atoms with Gasteiger partial charge in [-0.2, -0.15) is 5.10 Å². The van der Waals surface area contributed by atoms with Crippen LogP contribution in [0, 0.1) is 0 Å². The molecule has 1 aromatic carbocycles. The fraction of sp³-hybridized carbons (Fsp3) is 0.333. The maximum Gasteiger partial charge on any atom is 0.146 e. The van der Waals surface area contributed by atoms with Crippen LogP contribution < -0.4 is 14.9 Å². The summed E-state index contributed by atoms with van der Waals surface area (Å²) >= 11 is 0. The Bertz CT molecular complexity index is 615. The minimum absolute atomic E-state index is 0.658. The first kappa shape index (κ1) is 16.8. The molecular weight excluding hydrogens is 290 g/mol. The molecule has 23 heavy (non-hydrogen) atoms. The van der Waals surface area contributed by atoms with Crippen LogP contribution in [0.4, 0.5) is 5.82 Å². The monoisotopic (exact) mass is 313 g/mol. The molecule has 1 heterocycles. The van der Waals surface area contributed by atoms with Crippen molar-refractivity contribution in [3.05, 3.63) is 48.2 Å². The summed E-state index contributed by atoms with van der Waals surface area (Å²) in [4.78, 5) is 4.15. The Balaban J connectivity index is 2.08. The van der Waals surface area contributed by atoms with E-state index in [2.05, 4.69) is 29.4 Å². The summed E-state index contributed by atoms with van der Waals surface area (Å²) in [5.74, 6) is 2.28. The van der Waals surface area contributed by atoms with Gasteiger partial charge in [0.05, 0.1) is 19.4 Å². The Morgan fingerprint density at radius 2 is 1.91 bits per heavy atom. The summed E-state index contributed by atoms with van der Waals surface area (Å²) < 4.78 is 11.4. The van der Waals surface area contributed by atoms with Gasteiger partial charge in [-0.25, -0.2) is 4.98 Å². The molecular formula is C18H23N3O2. The molecule has 0 radical (unpaired) electrons. The molecule has 5 nitrogen and oxygen atoms in total. The molecule has 0 saturated carbocycles. The second-order valence-corrected chi connectivity index (χ2v) is 4.98. The molecule has 2 rings (SSSR count). The summed E-state index contributed by atoms with van der Waals surface area (Å²) in [6.07, 6.45) is 5.36. The third kappa shape index (κ3) is 5.62. The quantitative estimate of drug-likeness (QED) is 0.559. The highest BCUT2D eigenvalue weighted by Gasteiger charge is 2.04. The SMILES string of the molecule is CCCOc1ccc(/C=N\Nc2ccccn2)c(OCCC)c1. The molecule has 5 heteroatoms. The molecule has 0 atom stereocenters. The number of hydrogen-bond acceptors (Lipinski definition) is 5. The average molecular weight is 313 g/mol. The van der Waals surface area contributed by atoms with Gasteiger partial charge < -0.3 is 9.47 Å². The summed E-state index contributed by atoms with van der Waals surface area (Å²) in [5, 5.41) is 4.21. The predicted octanol–water partition coefficient (Wildman–Crippen LogP) is 4.11. The number of pyridine rings is 1. The normalized spacial score (nSPS) is 10.7. The average Bonchev–Trinajstić information content (AvgIpc) is 2.60. The topological polar surface area (TPSA) is 55.7 Å². The lowest BCUT2D eigenvalue weighted by Gasteiger charge is -2.11. The first-order chi connectivity index (χ1) is 11.3. The van der Waals surface area contributed by atoms with Gasteiger partial charge in [0.2, 0.25) is 0 Å². The van der Waals surface area contributed by atoms with E-state index in [9.17, 15) is 0 Å². The van der Waals surface area contributed by atoms with Gasteiger partial charge in [-0.3, -0.25) is 5.43 Å². The van der Waals surface area contributed by atoms with Crippen LogP contribution in [-0.2, 0) is 0 Å². The summed E-state index contributed by atoms with van der Waals surface area (Å²) in [5.41, 5.74) is 3.79. The highest BCUT2D eigenvalue weighted by molar-refractivity contribution is 5.84. The molecule has 0 spiro atoms. The van der Waals surface area contributed by atoms with Gasteiger partial charge in [0.15, 0.2) is 0 Å². The number of anilines is 1. The van der Waals surface area contributed by atoms with E-state index in [0.717, 1.165) is 29.9 Å². The fourth-order valence-corrected chi connectivity index (χ4v) is 1.86. The second kappa shape index (κ2) is 9.46. The van der Waals surface area contributed by atoms with Gasteiger partial charge in [-0.15, -0.1) is 0 Å². The van der Waals surface area contributed by atoms with E-state index in [1.807, 2.05) is 36.4 Å². The second-order valence-electron chi connectivity index (χ2n) is 4.98. The molecule has 0 fully saturated rings. The van der Waals surface area contributed by atoms with Gasteiger partial charge in [0.25, 0.3) is 0 Å². The molecule has 0 unspecified atom stereocenters. The van der Waals surface area contributed by atoms with E-state index in [1.54, 1.807) is 12.4 Å². The lowest BCUT2D eigenvalue weighted by molar-refractivity contribution is 0.301. The van der Waals surface area contributed by atoms with Gasteiger partial charge in [-0.1, -0.05) is 19.9 Å². The van der Waals surface area contributed by atoms with Gasteiger partial charge in [0.1, 0.15) is 17.3 Å². The van der Waals surface area contributed by atoms with Crippen molar-refractivity contribution in [3.8, 4) is 11.5 Å². The molecule has 1 aromatic heterocycles. The van der Waals surface area contributed by atoms with Crippen molar-refractivity contribution in [2.24, 2.45) is 5.10 Å². The first-order valence-corrected chi connectivity index (χ1v) is 7.93. The minimum Gasteiger partial charge on any atom is -0.493 e. The number of nitrogens with one attached hydrogen (secondary N) is 1. The zero-order chi connectivity index (χ0) is 16.3. The largest absolute Gasteiger partial charge is 0.493 e. The van der Waals surface area contributed by atoms with Crippen molar-refractivity contribution in [3.63, 3.8) is 0 Å². The zero-order valence-corrected chi connectivity index (χ0v) is 13.7. The third-order valence-electron chi connectivity index (χ3n) is 2.97. The molecule has 0 aliphatic rings. The number of ether oxygens (including phenoxy) is 2. The molecule has 0 saturated heterocycles. The van der Waals surface area contributed by atoms with Crippen LogP contribution >= 0.6 is 0 Å². The van der Waals surface area contributed by atoms with Crippen LogP contribution in [0.5, 0.6) is 11.5 Å². The van der Waals surface area contributed by atoms with E-state index < -0.39 is 0 Å². The standard InChI is InChI=1S/C18H23N3O2/c1-3-11-22-16-9-8-15(17(13-16)23-12-4-2)14-20-21-18-7-5-6-10-19-18/h5-10,13-14H,3-4,11-12H2,1-2H3,(H,19,21)/b20-14-. The number of rotatable bonds is 9. The summed E-state index contributed by atoms with van der Waals surface area (Å²) in [6, 6.07) is 11.4. The maximum absolute atomic E-state index is 5.80. The van der Waals surface area contributed by atoms with Crippen molar-refractivity contribution in [1.29, 1.82) is 0 Å².